The molecule has 0 spiro atoms. The van der Waals surface area contributed by atoms with Gasteiger partial charge in [0.25, 0.3) is 6.02 Å². The minimum Gasteiger partial charge on any atom is -0.460 e. The summed E-state index contributed by atoms with van der Waals surface area (Å²) in [5.74, 6) is 2.98. The van der Waals surface area contributed by atoms with Crippen LogP contribution in [0, 0.1) is 23.7 Å². The molecule has 4 heteroatoms. The first-order chi connectivity index (χ1) is 8.14. The van der Waals surface area contributed by atoms with Crippen molar-refractivity contribution in [1.29, 1.82) is 0 Å². The standard InChI is InChI=1S/C13H19ClN2O/c14-13-4-7-1-8(5-13)3-9(2-7)11(13)10-6-16-12(15)17-10/h7-11H,1-6H2,(H2,15,16). The third kappa shape index (κ3) is 1.44. The number of alkyl halides is 1. The van der Waals surface area contributed by atoms with Crippen LogP contribution in [0.2, 0.25) is 0 Å². The molecule has 94 valence electrons. The average Bonchev–Trinajstić information content (AvgIpc) is 2.61. The molecule has 5 rings (SSSR count). The van der Waals surface area contributed by atoms with Crippen LogP contribution in [0.3, 0.4) is 0 Å². The summed E-state index contributed by atoms with van der Waals surface area (Å²) in [6.45, 7) is 0.719. The fourth-order valence-corrected chi connectivity index (χ4v) is 5.97. The number of hydrogen-bond acceptors (Lipinski definition) is 3. The molecule has 4 bridgehead atoms. The van der Waals surface area contributed by atoms with Gasteiger partial charge in [0.2, 0.25) is 0 Å². The Labute approximate surface area is 107 Å². The number of amidine groups is 1. The van der Waals surface area contributed by atoms with Crippen molar-refractivity contribution >= 4 is 17.6 Å². The fourth-order valence-electron chi connectivity index (χ4n) is 5.21. The van der Waals surface area contributed by atoms with E-state index in [9.17, 15) is 0 Å². The summed E-state index contributed by atoms with van der Waals surface area (Å²) in [5, 5.41) is 0. The van der Waals surface area contributed by atoms with Crippen molar-refractivity contribution in [2.24, 2.45) is 34.4 Å². The molecule has 4 unspecified atom stereocenters. The van der Waals surface area contributed by atoms with E-state index in [2.05, 4.69) is 4.99 Å². The Bertz CT molecular complexity index is 368. The van der Waals surface area contributed by atoms with Gasteiger partial charge in [0, 0.05) is 5.92 Å². The first kappa shape index (κ1) is 10.5. The van der Waals surface area contributed by atoms with Crippen LogP contribution in [0.1, 0.15) is 32.1 Å². The van der Waals surface area contributed by atoms with Crippen LogP contribution in [0.15, 0.2) is 4.99 Å². The molecule has 4 fully saturated rings. The van der Waals surface area contributed by atoms with E-state index in [1.54, 1.807) is 0 Å². The lowest BCUT2D eigenvalue weighted by Crippen LogP contribution is -2.58. The minimum atomic E-state index is -0.0143. The predicted molar refractivity (Wildman–Crippen MR) is 67.0 cm³/mol. The number of ether oxygens (including phenoxy) is 1. The lowest BCUT2D eigenvalue weighted by Gasteiger charge is -2.59. The molecule has 0 aromatic heterocycles. The van der Waals surface area contributed by atoms with E-state index < -0.39 is 0 Å². The van der Waals surface area contributed by atoms with Crippen molar-refractivity contribution < 1.29 is 4.74 Å². The smallest absolute Gasteiger partial charge is 0.282 e. The van der Waals surface area contributed by atoms with E-state index in [-0.39, 0.29) is 11.0 Å². The number of rotatable bonds is 1. The molecule has 5 aliphatic rings. The van der Waals surface area contributed by atoms with Gasteiger partial charge in [0.1, 0.15) is 6.10 Å². The van der Waals surface area contributed by atoms with Gasteiger partial charge in [-0.15, -0.1) is 11.6 Å². The number of nitrogens with two attached hydrogens (primary N) is 1. The zero-order chi connectivity index (χ0) is 11.6. The second-order valence-electron chi connectivity index (χ2n) is 6.50. The van der Waals surface area contributed by atoms with Gasteiger partial charge in [0.05, 0.1) is 11.4 Å². The Kier molecular flexibility index (Phi) is 2.04. The molecule has 2 N–H and O–H groups in total. The molecule has 3 nitrogen and oxygen atoms in total. The van der Waals surface area contributed by atoms with Crippen molar-refractivity contribution in [3.8, 4) is 0 Å². The fraction of sp³-hybridized carbons (Fsp3) is 0.923. The quantitative estimate of drug-likeness (QED) is 0.729. The Balaban J connectivity index is 1.63. The van der Waals surface area contributed by atoms with Gasteiger partial charge >= 0.3 is 0 Å². The predicted octanol–water partition coefficient (Wildman–Crippen LogP) is 2.13. The number of hydrogen-bond donors (Lipinski definition) is 1. The van der Waals surface area contributed by atoms with Gasteiger partial charge < -0.3 is 10.5 Å². The lowest BCUT2D eigenvalue weighted by atomic mass is 9.50. The molecule has 4 aliphatic carbocycles. The zero-order valence-electron chi connectivity index (χ0n) is 9.94. The highest BCUT2D eigenvalue weighted by Gasteiger charge is 2.59. The maximum absolute atomic E-state index is 6.95. The third-order valence-corrected chi connectivity index (χ3v) is 5.96. The molecule has 0 saturated heterocycles. The van der Waals surface area contributed by atoms with E-state index >= 15 is 0 Å². The molecule has 4 saturated carbocycles. The van der Waals surface area contributed by atoms with Gasteiger partial charge in [-0.25, -0.2) is 4.99 Å². The van der Waals surface area contributed by atoms with Crippen molar-refractivity contribution in [2.45, 2.75) is 43.1 Å². The number of aliphatic imine (C=N–C) groups is 1. The van der Waals surface area contributed by atoms with Crippen LogP contribution in [-0.2, 0) is 4.74 Å². The van der Waals surface area contributed by atoms with E-state index in [1.165, 1.54) is 32.1 Å². The lowest BCUT2D eigenvalue weighted by molar-refractivity contribution is -0.0635. The molecule has 0 aromatic carbocycles. The minimum absolute atomic E-state index is 0.0143. The Hall–Kier alpha value is -0.440. The Morgan fingerprint density at radius 3 is 2.47 bits per heavy atom. The second-order valence-corrected chi connectivity index (χ2v) is 7.26. The summed E-state index contributed by atoms with van der Waals surface area (Å²) in [4.78, 5) is 4.18. The van der Waals surface area contributed by atoms with Crippen LogP contribution in [-0.4, -0.2) is 23.5 Å². The summed E-state index contributed by atoms with van der Waals surface area (Å²) in [7, 11) is 0. The maximum Gasteiger partial charge on any atom is 0.282 e. The molecule has 1 aliphatic heterocycles. The van der Waals surface area contributed by atoms with Crippen LogP contribution < -0.4 is 5.73 Å². The van der Waals surface area contributed by atoms with E-state index in [4.69, 9.17) is 22.1 Å². The topological polar surface area (TPSA) is 47.6 Å². The zero-order valence-corrected chi connectivity index (χ0v) is 10.7. The number of nitrogens with zero attached hydrogens (tertiary/aromatic N) is 1. The molecule has 1 heterocycles. The molecule has 0 aromatic rings. The molecule has 0 amide bonds. The van der Waals surface area contributed by atoms with Gasteiger partial charge in [-0.05, 0) is 49.9 Å². The highest BCUT2D eigenvalue weighted by Crippen LogP contribution is 2.62. The SMILES string of the molecule is NC1=NCC(C2C3CC4CC(C3)CC2(Cl)C4)O1. The number of halogens is 1. The van der Waals surface area contributed by atoms with Gasteiger partial charge in [-0.3, -0.25) is 0 Å². The normalized spacial score (nSPS) is 55.8. The molecular formula is C13H19ClN2O. The highest BCUT2D eigenvalue weighted by atomic mass is 35.5. The van der Waals surface area contributed by atoms with Gasteiger partial charge in [-0.1, -0.05) is 0 Å². The first-order valence-corrected chi connectivity index (χ1v) is 7.17. The largest absolute Gasteiger partial charge is 0.460 e. The van der Waals surface area contributed by atoms with Gasteiger partial charge in [-0.2, -0.15) is 0 Å². The van der Waals surface area contributed by atoms with E-state index in [0.717, 1.165) is 24.3 Å². The second kappa shape index (κ2) is 3.31. The van der Waals surface area contributed by atoms with Crippen molar-refractivity contribution in [2.75, 3.05) is 6.54 Å². The monoisotopic (exact) mass is 254 g/mol. The van der Waals surface area contributed by atoms with Crippen LogP contribution in [0.4, 0.5) is 0 Å². The summed E-state index contributed by atoms with van der Waals surface area (Å²) in [6, 6.07) is 0.365. The van der Waals surface area contributed by atoms with Crippen LogP contribution in [0.5, 0.6) is 0 Å². The van der Waals surface area contributed by atoms with E-state index in [1.807, 2.05) is 0 Å². The summed E-state index contributed by atoms with van der Waals surface area (Å²) < 4.78 is 5.70. The summed E-state index contributed by atoms with van der Waals surface area (Å²) in [6.07, 6.45) is 6.66. The summed E-state index contributed by atoms with van der Waals surface area (Å²) in [5.41, 5.74) is 5.65. The average molecular weight is 255 g/mol. The first-order valence-electron chi connectivity index (χ1n) is 6.79. The Morgan fingerprint density at radius 1 is 1.24 bits per heavy atom. The van der Waals surface area contributed by atoms with Crippen molar-refractivity contribution in [1.82, 2.24) is 0 Å². The molecule has 17 heavy (non-hydrogen) atoms. The molecular weight excluding hydrogens is 236 g/mol. The summed E-state index contributed by atoms with van der Waals surface area (Å²) >= 11 is 6.95. The van der Waals surface area contributed by atoms with Crippen molar-refractivity contribution in [3.63, 3.8) is 0 Å². The molecule has 0 radical (unpaired) electrons. The maximum atomic E-state index is 6.95. The van der Waals surface area contributed by atoms with Crippen LogP contribution >= 0.6 is 11.6 Å². The third-order valence-electron chi connectivity index (χ3n) is 5.40. The van der Waals surface area contributed by atoms with Crippen LogP contribution in [0.25, 0.3) is 0 Å². The van der Waals surface area contributed by atoms with Gasteiger partial charge in [0.15, 0.2) is 0 Å². The Morgan fingerprint density at radius 2 is 1.94 bits per heavy atom. The highest BCUT2D eigenvalue weighted by molar-refractivity contribution is 6.24. The molecule has 4 atom stereocenters. The van der Waals surface area contributed by atoms with E-state index in [0.29, 0.717) is 11.9 Å². The van der Waals surface area contributed by atoms with Crippen molar-refractivity contribution in [3.05, 3.63) is 0 Å².